The maximum atomic E-state index is 15.0. The first-order valence-corrected chi connectivity index (χ1v) is 22.4. The number of hydrogen-bond donors (Lipinski definition) is 2. The zero-order chi connectivity index (χ0) is 42.0. The van der Waals surface area contributed by atoms with E-state index in [1.807, 2.05) is 89.8 Å². The number of carbonyl (C=O) groups is 4. The van der Waals surface area contributed by atoms with Crippen molar-refractivity contribution in [2.45, 2.75) is 80.7 Å². The highest BCUT2D eigenvalue weighted by molar-refractivity contribution is 7.91. The Balaban J connectivity index is 1.13. The van der Waals surface area contributed by atoms with Gasteiger partial charge in [-0.15, -0.1) is 6.58 Å². The van der Waals surface area contributed by atoms with E-state index in [4.69, 9.17) is 14.5 Å². The van der Waals surface area contributed by atoms with E-state index in [0.29, 0.717) is 54.0 Å². The van der Waals surface area contributed by atoms with E-state index in [0.717, 1.165) is 30.4 Å². The number of amides is 4. The van der Waals surface area contributed by atoms with Gasteiger partial charge in [0.1, 0.15) is 29.2 Å². The van der Waals surface area contributed by atoms with Crippen molar-refractivity contribution in [3.63, 3.8) is 0 Å². The van der Waals surface area contributed by atoms with Crippen LogP contribution in [-0.4, -0.2) is 96.5 Å². The van der Waals surface area contributed by atoms with Crippen LogP contribution in [0.2, 0.25) is 0 Å². The molecule has 5 atom stereocenters. The number of ether oxygens (including phenoxy) is 2. The molecule has 3 aromatic carbocycles. The molecule has 2 aliphatic heterocycles. The number of piperidine rings is 1. The summed E-state index contributed by atoms with van der Waals surface area (Å²) in [7, 11) is -2.33. The van der Waals surface area contributed by atoms with Crippen molar-refractivity contribution < 1.29 is 37.1 Å². The number of methoxy groups -OCH3 is 1. The number of nitrogens with one attached hydrogen (secondary N) is 2. The monoisotopic (exact) mass is 833 g/mol. The highest BCUT2D eigenvalue weighted by atomic mass is 32.2. The third kappa shape index (κ3) is 8.74. The van der Waals surface area contributed by atoms with Crippen molar-refractivity contribution in [3.05, 3.63) is 103 Å². The minimum atomic E-state index is -3.91. The quantitative estimate of drug-likeness (QED) is 0.154. The van der Waals surface area contributed by atoms with Gasteiger partial charge in [0.25, 0.3) is 5.91 Å². The highest BCUT2D eigenvalue weighted by Crippen LogP contribution is 2.46. The summed E-state index contributed by atoms with van der Waals surface area (Å²) in [6.07, 6.45) is 5.09. The summed E-state index contributed by atoms with van der Waals surface area (Å²) in [6, 6.07) is 25.4. The number of nitrogens with zero attached hydrogens (tertiary/aromatic N) is 3. The van der Waals surface area contributed by atoms with Gasteiger partial charge in [0.2, 0.25) is 27.7 Å². The van der Waals surface area contributed by atoms with E-state index in [1.54, 1.807) is 7.11 Å². The minimum absolute atomic E-state index is 0.0148. The number of fused-ring (bicyclic) bond motifs is 1. The summed E-state index contributed by atoms with van der Waals surface area (Å²) in [5, 5.41) is 2.94. The van der Waals surface area contributed by atoms with Crippen LogP contribution in [0.1, 0.15) is 56.9 Å². The lowest BCUT2D eigenvalue weighted by molar-refractivity contribution is -0.145. The topological polar surface area (TPSA) is 164 Å². The number of aromatic nitrogens is 1. The molecule has 2 N–H and O–H groups in total. The molecule has 4 aromatic rings. The second-order valence-electron chi connectivity index (χ2n) is 16.5. The largest absolute Gasteiger partial charge is 0.497 e. The van der Waals surface area contributed by atoms with Gasteiger partial charge in [-0.05, 0) is 62.6 Å². The number of carbonyl (C=O) groups excluding carboxylic acids is 4. The molecule has 14 heteroatoms. The summed E-state index contributed by atoms with van der Waals surface area (Å²) in [5.41, 5.74) is 1.48. The van der Waals surface area contributed by atoms with Crippen LogP contribution in [0.5, 0.6) is 11.5 Å². The third-order valence-electron chi connectivity index (χ3n) is 12.2. The lowest BCUT2D eigenvalue weighted by Gasteiger charge is -2.31. The van der Waals surface area contributed by atoms with Crippen LogP contribution in [0.25, 0.3) is 22.2 Å². The standard InChI is InChI=1S/C46H51N5O8S/c1-3-33-28-46(33,45(55)49-60(56,57)36-18-19-36)48-43(53)40-26-35(59-41-27-38(31-15-9-5-10-16-31)47-39-25-34(58-2)17-20-37(39)41)29-51(40)44(54)32(23-30-13-7-4-8-14-30)24-42(52)50-21-11-6-12-22-50/h3-5,7-10,13-17,20,25,27,32-33,35-36,40H,1,6,11-12,18-19,21-24,26,28-29H2,2H3,(H,48,53)(H,49,55)/t32-,33?,35-,40?,46?/m1/s1. The molecule has 0 bridgehead atoms. The molecule has 2 saturated heterocycles. The van der Waals surface area contributed by atoms with Gasteiger partial charge in [-0.25, -0.2) is 13.4 Å². The molecule has 0 spiro atoms. The zero-order valence-corrected chi connectivity index (χ0v) is 34.6. The van der Waals surface area contributed by atoms with E-state index in [1.165, 1.54) is 11.0 Å². The van der Waals surface area contributed by atoms with E-state index in [9.17, 15) is 22.8 Å². The highest BCUT2D eigenvalue weighted by Gasteiger charge is 2.62. The van der Waals surface area contributed by atoms with Crippen molar-refractivity contribution in [1.82, 2.24) is 24.8 Å². The van der Waals surface area contributed by atoms with Crippen LogP contribution in [0.3, 0.4) is 0 Å². The molecule has 60 heavy (non-hydrogen) atoms. The van der Waals surface area contributed by atoms with Crippen LogP contribution in [-0.2, 0) is 35.6 Å². The number of rotatable bonds is 15. The Hall–Kier alpha value is -5.76. The fraction of sp³-hybridized carbons (Fsp3) is 0.413. The van der Waals surface area contributed by atoms with Crippen molar-refractivity contribution in [2.24, 2.45) is 11.8 Å². The molecular formula is C46H51N5O8S. The Morgan fingerprint density at radius 1 is 0.967 bits per heavy atom. The Morgan fingerprint density at radius 3 is 2.35 bits per heavy atom. The second kappa shape index (κ2) is 17.1. The smallest absolute Gasteiger partial charge is 0.259 e. The fourth-order valence-electron chi connectivity index (χ4n) is 8.59. The molecule has 3 heterocycles. The molecule has 314 valence electrons. The van der Waals surface area contributed by atoms with E-state index < -0.39 is 56.6 Å². The maximum Gasteiger partial charge on any atom is 0.259 e. The van der Waals surface area contributed by atoms with Crippen LogP contribution in [0.15, 0.2) is 97.6 Å². The maximum absolute atomic E-state index is 15.0. The normalized spacial score (nSPS) is 23.1. The molecule has 13 nitrogen and oxygen atoms in total. The van der Waals surface area contributed by atoms with Crippen LogP contribution in [0, 0.1) is 11.8 Å². The van der Waals surface area contributed by atoms with E-state index in [2.05, 4.69) is 16.6 Å². The lowest BCUT2D eigenvalue weighted by atomic mass is 9.93. The van der Waals surface area contributed by atoms with Crippen LogP contribution in [0.4, 0.5) is 0 Å². The molecule has 4 amide bonds. The number of likely N-dealkylation sites (tertiary alicyclic amines) is 2. The molecule has 0 radical (unpaired) electrons. The molecular weight excluding hydrogens is 783 g/mol. The van der Waals surface area contributed by atoms with Gasteiger partial charge in [-0.3, -0.25) is 23.9 Å². The number of sulfonamides is 1. The number of hydrogen-bond acceptors (Lipinski definition) is 9. The first-order valence-electron chi connectivity index (χ1n) is 20.8. The van der Waals surface area contributed by atoms with Gasteiger partial charge in [-0.1, -0.05) is 66.7 Å². The number of benzene rings is 3. The van der Waals surface area contributed by atoms with Crippen molar-refractivity contribution in [3.8, 4) is 22.8 Å². The first kappa shape index (κ1) is 41.0. The molecule has 4 aliphatic rings. The minimum Gasteiger partial charge on any atom is -0.497 e. The predicted molar refractivity (Wildman–Crippen MR) is 226 cm³/mol. The van der Waals surface area contributed by atoms with Gasteiger partial charge >= 0.3 is 0 Å². The SMILES string of the molecule is C=CC1CC1(NC(=O)C1C[C@@H](Oc2cc(-c3ccccc3)nc3cc(OC)ccc23)CN1C(=O)[C@@H](CC(=O)N1CCCCC1)Cc1ccccc1)C(=O)NS(=O)(=O)C1CC1. The fourth-order valence-corrected chi connectivity index (χ4v) is 9.96. The molecule has 1 aromatic heterocycles. The molecule has 3 unspecified atom stereocenters. The second-order valence-corrected chi connectivity index (χ2v) is 18.4. The Labute approximate surface area is 350 Å². The summed E-state index contributed by atoms with van der Waals surface area (Å²) < 4.78 is 40.2. The zero-order valence-electron chi connectivity index (χ0n) is 33.8. The van der Waals surface area contributed by atoms with Gasteiger partial charge in [0, 0.05) is 54.9 Å². The van der Waals surface area contributed by atoms with Crippen molar-refractivity contribution in [1.29, 1.82) is 0 Å². The molecule has 2 saturated carbocycles. The van der Waals surface area contributed by atoms with Gasteiger partial charge in [0.15, 0.2) is 0 Å². The summed E-state index contributed by atoms with van der Waals surface area (Å²) in [5.74, 6) is -2.12. The average Bonchev–Trinajstić information content (AvgIpc) is 4.20. The van der Waals surface area contributed by atoms with Crippen molar-refractivity contribution in [2.75, 3.05) is 26.7 Å². The van der Waals surface area contributed by atoms with Gasteiger partial charge in [-0.2, -0.15) is 0 Å². The van der Waals surface area contributed by atoms with Gasteiger partial charge in [0.05, 0.1) is 36.0 Å². The van der Waals surface area contributed by atoms with Crippen LogP contribution >= 0.6 is 0 Å². The van der Waals surface area contributed by atoms with Gasteiger partial charge < -0.3 is 24.6 Å². The van der Waals surface area contributed by atoms with E-state index in [-0.39, 0.29) is 44.0 Å². The van der Waals surface area contributed by atoms with Crippen molar-refractivity contribution >= 4 is 44.6 Å². The summed E-state index contributed by atoms with van der Waals surface area (Å²) >= 11 is 0. The predicted octanol–water partition coefficient (Wildman–Crippen LogP) is 5.19. The van der Waals surface area contributed by atoms with Crippen LogP contribution < -0.4 is 19.5 Å². The molecule has 2 aliphatic carbocycles. The molecule has 4 fully saturated rings. The Bertz CT molecular complexity index is 2390. The lowest BCUT2D eigenvalue weighted by Crippen LogP contribution is -2.57. The molecule has 8 rings (SSSR count). The Morgan fingerprint density at radius 2 is 1.68 bits per heavy atom. The van der Waals surface area contributed by atoms with E-state index >= 15 is 4.79 Å². The summed E-state index contributed by atoms with van der Waals surface area (Å²) in [4.78, 5) is 65.4. The number of pyridine rings is 1. The summed E-state index contributed by atoms with van der Waals surface area (Å²) in [6.45, 7) is 5.12. The third-order valence-corrected chi connectivity index (χ3v) is 14.1. The average molecular weight is 834 g/mol. The Kier molecular flexibility index (Phi) is 11.7. The first-order chi connectivity index (χ1) is 29.0.